The van der Waals surface area contributed by atoms with Crippen LogP contribution in [0, 0.1) is 17.2 Å². The van der Waals surface area contributed by atoms with Gasteiger partial charge in [-0.2, -0.15) is 0 Å². The minimum atomic E-state index is -0.206. The van der Waals surface area contributed by atoms with Crippen LogP contribution in [0.1, 0.15) is 25.7 Å². The molecule has 0 aromatic carbocycles. The van der Waals surface area contributed by atoms with Crippen molar-refractivity contribution < 1.29 is 4.79 Å². The lowest BCUT2D eigenvalue weighted by Crippen LogP contribution is -2.35. The van der Waals surface area contributed by atoms with E-state index in [1.54, 1.807) is 0 Å². The van der Waals surface area contributed by atoms with E-state index in [1.165, 1.54) is 0 Å². The van der Waals surface area contributed by atoms with Gasteiger partial charge in [-0.3, -0.25) is 10.2 Å². The maximum atomic E-state index is 10.9. The molecule has 4 nitrogen and oxygen atoms in total. The SMILES string of the molecule is Cl.N=C(N)NC[C@H]1CC[C@H](C(=O)Cl)CC1. The zero-order chi connectivity index (χ0) is 10.6. The Morgan fingerprint density at radius 2 is 1.93 bits per heavy atom. The first-order chi connectivity index (χ1) is 6.59. The largest absolute Gasteiger partial charge is 0.370 e. The quantitative estimate of drug-likeness (QED) is 0.405. The van der Waals surface area contributed by atoms with E-state index in [4.69, 9.17) is 22.7 Å². The monoisotopic (exact) mass is 253 g/mol. The number of hydrogen-bond donors (Lipinski definition) is 3. The molecule has 1 aliphatic carbocycles. The second-order valence-corrected chi connectivity index (χ2v) is 4.19. The van der Waals surface area contributed by atoms with Crippen LogP contribution in [-0.2, 0) is 4.79 Å². The van der Waals surface area contributed by atoms with E-state index in [9.17, 15) is 4.79 Å². The summed E-state index contributed by atoms with van der Waals surface area (Å²) in [5, 5.41) is 9.61. The molecule has 1 aliphatic rings. The summed E-state index contributed by atoms with van der Waals surface area (Å²) in [6, 6.07) is 0. The van der Waals surface area contributed by atoms with Crippen LogP contribution in [0.4, 0.5) is 0 Å². The third-order valence-corrected chi connectivity index (χ3v) is 3.06. The number of carbonyl (C=O) groups is 1. The number of nitrogens with one attached hydrogen (secondary N) is 2. The van der Waals surface area contributed by atoms with Crippen molar-refractivity contribution in [1.82, 2.24) is 5.32 Å². The summed E-state index contributed by atoms with van der Waals surface area (Å²) in [5.41, 5.74) is 5.18. The molecule has 0 atom stereocenters. The van der Waals surface area contributed by atoms with Crippen LogP contribution < -0.4 is 11.1 Å². The fourth-order valence-electron chi connectivity index (χ4n) is 1.85. The number of rotatable bonds is 3. The number of halogens is 2. The zero-order valence-electron chi connectivity index (χ0n) is 8.46. The second-order valence-electron chi connectivity index (χ2n) is 3.82. The Balaban J connectivity index is 0.00000196. The highest BCUT2D eigenvalue weighted by Crippen LogP contribution is 2.29. The Labute approximate surface area is 101 Å². The normalized spacial score (nSPS) is 25.1. The van der Waals surface area contributed by atoms with Crippen molar-refractivity contribution in [2.45, 2.75) is 25.7 Å². The van der Waals surface area contributed by atoms with Crippen molar-refractivity contribution in [3.8, 4) is 0 Å². The van der Waals surface area contributed by atoms with Gasteiger partial charge in [-0.1, -0.05) is 0 Å². The van der Waals surface area contributed by atoms with Gasteiger partial charge in [0, 0.05) is 12.5 Å². The number of hydrogen-bond acceptors (Lipinski definition) is 2. The predicted molar refractivity (Wildman–Crippen MR) is 63.5 cm³/mol. The van der Waals surface area contributed by atoms with Crippen molar-refractivity contribution in [3.05, 3.63) is 0 Å². The minimum Gasteiger partial charge on any atom is -0.370 e. The van der Waals surface area contributed by atoms with Gasteiger partial charge in [-0.25, -0.2) is 0 Å². The average Bonchev–Trinajstić information content (AvgIpc) is 2.15. The summed E-state index contributed by atoms with van der Waals surface area (Å²) in [6.07, 6.45) is 3.71. The van der Waals surface area contributed by atoms with Gasteiger partial charge in [0.1, 0.15) is 0 Å². The van der Waals surface area contributed by atoms with Gasteiger partial charge in [-0.05, 0) is 43.2 Å². The molecule has 0 spiro atoms. The van der Waals surface area contributed by atoms with Crippen molar-refractivity contribution in [1.29, 1.82) is 5.41 Å². The van der Waals surface area contributed by atoms with E-state index in [2.05, 4.69) is 5.32 Å². The van der Waals surface area contributed by atoms with Gasteiger partial charge in [-0.15, -0.1) is 12.4 Å². The maximum absolute atomic E-state index is 10.9. The topological polar surface area (TPSA) is 79.0 Å². The van der Waals surface area contributed by atoms with Crippen molar-refractivity contribution in [3.63, 3.8) is 0 Å². The van der Waals surface area contributed by atoms with Crippen LogP contribution in [0.15, 0.2) is 0 Å². The third-order valence-electron chi connectivity index (χ3n) is 2.75. The molecule has 0 saturated heterocycles. The first-order valence-corrected chi connectivity index (χ1v) is 5.24. The van der Waals surface area contributed by atoms with Gasteiger partial charge in [0.25, 0.3) is 0 Å². The van der Waals surface area contributed by atoms with Crippen LogP contribution in [0.2, 0.25) is 0 Å². The van der Waals surface area contributed by atoms with Gasteiger partial charge in [0.15, 0.2) is 5.96 Å². The summed E-state index contributed by atoms with van der Waals surface area (Å²) in [4.78, 5) is 10.9. The summed E-state index contributed by atoms with van der Waals surface area (Å²) >= 11 is 5.42. The van der Waals surface area contributed by atoms with Crippen molar-refractivity contribution in [2.24, 2.45) is 17.6 Å². The Hall–Kier alpha value is -0.480. The van der Waals surface area contributed by atoms with E-state index in [0.29, 0.717) is 5.92 Å². The maximum Gasteiger partial charge on any atom is 0.224 e. The van der Waals surface area contributed by atoms with Gasteiger partial charge in [0.2, 0.25) is 5.24 Å². The number of guanidine groups is 1. The molecule has 0 bridgehead atoms. The Kier molecular flexibility index (Phi) is 6.68. The third kappa shape index (κ3) is 5.23. The van der Waals surface area contributed by atoms with Crippen LogP contribution in [0.3, 0.4) is 0 Å². The molecule has 0 radical (unpaired) electrons. The Morgan fingerprint density at radius 3 is 2.33 bits per heavy atom. The molecular formula is C9H17Cl2N3O. The molecule has 0 aliphatic heterocycles. The summed E-state index contributed by atoms with van der Waals surface area (Å²) < 4.78 is 0. The molecule has 0 aromatic heterocycles. The minimum absolute atomic E-state index is 0. The molecule has 15 heavy (non-hydrogen) atoms. The molecule has 1 rings (SSSR count). The van der Waals surface area contributed by atoms with E-state index in [0.717, 1.165) is 32.2 Å². The molecule has 0 aromatic rings. The highest BCUT2D eigenvalue weighted by atomic mass is 35.5. The Morgan fingerprint density at radius 1 is 1.40 bits per heavy atom. The highest BCUT2D eigenvalue weighted by molar-refractivity contribution is 6.63. The van der Waals surface area contributed by atoms with E-state index in [-0.39, 0.29) is 29.5 Å². The fraction of sp³-hybridized carbons (Fsp3) is 0.778. The van der Waals surface area contributed by atoms with Gasteiger partial charge in [0.05, 0.1) is 0 Å². The molecule has 0 unspecified atom stereocenters. The lowest BCUT2D eigenvalue weighted by molar-refractivity contribution is -0.116. The summed E-state index contributed by atoms with van der Waals surface area (Å²) in [7, 11) is 0. The standard InChI is InChI=1S/C9H16ClN3O.ClH/c10-8(14)7-3-1-6(2-4-7)5-13-9(11)12;/h6-7H,1-5H2,(H4,11,12,13);1H/t6-,7-;. The zero-order valence-corrected chi connectivity index (χ0v) is 10.0. The average molecular weight is 254 g/mol. The first-order valence-electron chi connectivity index (χ1n) is 4.87. The van der Waals surface area contributed by atoms with Crippen molar-refractivity contribution in [2.75, 3.05) is 6.54 Å². The molecule has 88 valence electrons. The van der Waals surface area contributed by atoms with Crippen LogP contribution in [0.5, 0.6) is 0 Å². The molecule has 0 heterocycles. The smallest absolute Gasteiger partial charge is 0.224 e. The molecule has 4 N–H and O–H groups in total. The highest BCUT2D eigenvalue weighted by Gasteiger charge is 2.24. The lowest BCUT2D eigenvalue weighted by atomic mass is 9.82. The van der Waals surface area contributed by atoms with Crippen LogP contribution in [-0.4, -0.2) is 17.7 Å². The lowest BCUT2D eigenvalue weighted by Gasteiger charge is -2.26. The fourth-order valence-corrected chi connectivity index (χ4v) is 2.07. The molecule has 0 amide bonds. The molecule has 1 fully saturated rings. The van der Waals surface area contributed by atoms with E-state index < -0.39 is 0 Å². The Bertz CT molecular complexity index is 227. The number of nitrogens with two attached hydrogens (primary N) is 1. The van der Waals surface area contributed by atoms with Gasteiger partial charge < -0.3 is 11.1 Å². The van der Waals surface area contributed by atoms with E-state index in [1.807, 2.05) is 0 Å². The number of carbonyl (C=O) groups excluding carboxylic acids is 1. The predicted octanol–water partition coefficient (Wildman–Crippen LogP) is 1.46. The van der Waals surface area contributed by atoms with Crippen LogP contribution in [0.25, 0.3) is 0 Å². The van der Waals surface area contributed by atoms with Crippen LogP contribution >= 0.6 is 24.0 Å². The van der Waals surface area contributed by atoms with E-state index >= 15 is 0 Å². The first kappa shape index (κ1) is 14.5. The second kappa shape index (κ2) is 6.90. The molecule has 6 heteroatoms. The van der Waals surface area contributed by atoms with Gasteiger partial charge >= 0.3 is 0 Å². The molecular weight excluding hydrogens is 237 g/mol. The summed E-state index contributed by atoms with van der Waals surface area (Å²) in [6.45, 7) is 0.735. The molecule has 1 saturated carbocycles. The summed E-state index contributed by atoms with van der Waals surface area (Å²) in [5.74, 6) is 0.581. The van der Waals surface area contributed by atoms with Crippen molar-refractivity contribution >= 4 is 35.2 Å².